The van der Waals surface area contributed by atoms with E-state index in [1.165, 1.54) is 6.07 Å². The van der Waals surface area contributed by atoms with Gasteiger partial charge in [0.2, 0.25) is 0 Å². The first-order chi connectivity index (χ1) is 10.5. The van der Waals surface area contributed by atoms with Crippen LogP contribution < -0.4 is 5.32 Å². The van der Waals surface area contributed by atoms with Crippen molar-refractivity contribution in [1.82, 2.24) is 15.1 Å². The Labute approximate surface area is 138 Å². The Kier molecular flexibility index (Phi) is 6.63. The number of hydrogen-bond donors (Lipinski definition) is 1. The summed E-state index contributed by atoms with van der Waals surface area (Å²) in [5.41, 5.74) is 0.984. The fourth-order valence-corrected chi connectivity index (χ4v) is 3.40. The van der Waals surface area contributed by atoms with Crippen molar-refractivity contribution in [3.63, 3.8) is 0 Å². The van der Waals surface area contributed by atoms with Crippen molar-refractivity contribution in [2.24, 2.45) is 0 Å². The molecule has 22 heavy (non-hydrogen) atoms. The van der Waals surface area contributed by atoms with Crippen molar-refractivity contribution in [2.45, 2.75) is 32.4 Å². The zero-order valence-corrected chi connectivity index (χ0v) is 14.5. The van der Waals surface area contributed by atoms with Gasteiger partial charge in [0.05, 0.1) is 0 Å². The van der Waals surface area contributed by atoms with Gasteiger partial charge >= 0.3 is 0 Å². The van der Waals surface area contributed by atoms with E-state index in [0.717, 1.165) is 44.7 Å². The van der Waals surface area contributed by atoms with Crippen LogP contribution in [0.15, 0.2) is 18.2 Å². The smallest absolute Gasteiger partial charge is 0.125 e. The van der Waals surface area contributed by atoms with Gasteiger partial charge in [-0.1, -0.05) is 11.6 Å². The second kappa shape index (κ2) is 8.25. The summed E-state index contributed by atoms with van der Waals surface area (Å²) in [6.45, 7) is 9.54. The second-order valence-electron chi connectivity index (χ2n) is 6.28. The maximum Gasteiger partial charge on any atom is 0.125 e. The molecule has 1 N–H and O–H groups in total. The summed E-state index contributed by atoms with van der Waals surface area (Å²) in [6, 6.07) is 5.70. The minimum Gasteiger partial charge on any atom is -0.320 e. The normalized spacial score (nSPS) is 18.8. The number of nitrogens with one attached hydrogen (secondary N) is 1. The summed E-state index contributed by atoms with van der Waals surface area (Å²) in [5, 5.41) is 3.68. The number of rotatable bonds is 6. The largest absolute Gasteiger partial charge is 0.320 e. The average molecular weight is 328 g/mol. The van der Waals surface area contributed by atoms with Gasteiger partial charge in [-0.25, -0.2) is 4.39 Å². The molecule has 1 heterocycles. The molecule has 0 bridgehead atoms. The molecule has 124 valence electrons. The first-order valence-electron chi connectivity index (χ1n) is 8.10. The molecule has 1 saturated heterocycles. The van der Waals surface area contributed by atoms with Crippen LogP contribution in [0, 0.1) is 5.82 Å². The molecular formula is C17H27ClFN3. The minimum absolute atomic E-state index is 0.218. The maximum absolute atomic E-state index is 13.7. The summed E-state index contributed by atoms with van der Waals surface area (Å²) in [4.78, 5) is 4.95. The molecule has 0 aliphatic carbocycles. The molecule has 0 amide bonds. The Morgan fingerprint density at radius 2 is 1.77 bits per heavy atom. The van der Waals surface area contributed by atoms with E-state index >= 15 is 0 Å². The van der Waals surface area contributed by atoms with Crippen LogP contribution in [0.3, 0.4) is 0 Å². The molecule has 0 saturated carbocycles. The SMILES string of the molecule is CNCCC(c1cc(F)cc(Cl)c1)N1CCN(C(C)C)CC1. The molecule has 1 aromatic rings. The van der Waals surface area contributed by atoms with Crippen molar-refractivity contribution < 1.29 is 4.39 Å². The molecule has 2 rings (SSSR count). The van der Waals surface area contributed by atoms with Gasteiger partial charge < -0.3 is 5.32 Å². The molecular weight excluding hydrogens is 301 g/mol. The highest BCUT2D eigenvalue weighted by molar-refractivity contribution is 6.30. The van der Waals surface area contributed by atoms with E-state index in [1.807, 2.05) is 13.1 Å². The minimum atomic E-state index is -0.252. The zero-order valence-electron chi connectivity index (χ0n) is 13.8. The number of piperazine rings is 1. The summed E-state index contributed by atoms with van der Waals surface area (Å²) in [5.74, 6) is -0.252. The van der Waals surface area contributed by atoms with Crippen LogP contribution in [0.2, 0.25) is 5.02 Å². The summed E-state index contributed by atoms with van der Waals surface area (Å²) >= 11 is 6.05. The lowest BCUT2D eigenvalue weighted by Gasteiger charge is -2.41. The van der Waals surface area contributed by atoms with Crippen molar-refractivity contribution in [3.8, 4) is 0 Å². The summed E-state index contributed by atoms with van der Waals surface area (Å²) < 4.78 is 13.7. The monoisotopic (exact) mass is 327 g/mol. The number of halogens is 2. The third kappa shape index (κ3) is 4.66. The highest BCUT2D eigenvalue weighted by atomic mass is 35.5. The molecule has 3 nitrogen and oxygen atoms in total. The summed E-state index contributed by atoms with van der Waals surface area (Å²) in [7, 11) is 1.95. The highest BCUT2D eigenvalue weighted by Crippen LogP contribution is 2.28. The van der Waals surface area contributed by atoms with Gasteiger partial charge in [-0.2, -0.15) is 0 Å². The lowest BCUT2D eigenvalue weighted by atomic mass is 10.0. The third-order valence-electron chi connectivity index (χ3n) is 4.46. The Morgan fingerprint density at radius 3 is 2.32 bits per heavy atom. The van der Waals surface area contributed by atoms with E-state index in [9.17, 15) is 4.39 Å². The van der Waals surface area contributed by atoms with E-state index in [2.05, 4.69) is 29.0 Å². The van der Waals surface area contributed by atoms with Gasteiger partial charge in [-0.3, -0.25) is 9.80 Å². The molecule has 1 atom stereocenters. The first kappa shape index (κ1) is 17.7. The van der Waals surface area contributed by atoms with Crippen molar-refractivity contribution in [1.29, 1.82) is 0 Å². The van der Waals surface area contributed by atoms with Crippen molar-refractivity contribution in [3.05, 3.63) is 34.6 Å². The second-order valence-corrected chi connectivity index (χ2v) is 6.71. The Morgan fingerprint density at radius 1 is 1.14 bits per heavy atom. The van der Waals surface area contributed by atoms with Gasteiger partial charge in [-0.15, -0.1) is 0 Å². The number of nitrogens with zero attached hydrogens (tertiary/aromatic N) is 2. The average Bonchev–Trinajstić information content (AvgIpc) is 2.47. The van der Waals surface area contributed by atoms with E-state index < -0.39 is 0 Å². The Hall–Kier alpha value is -0.680. The van der Waals surface area contributed by atoms with Gasteiger partial charge in [0.25, 0.3) is 0 Å². The van der Waals surface area contributed by atoms with Gasteiger partial charge in [0, 0.05) is 43.3 Å². The van der Waals surface area contributed by atoms with Crippen LogP contribution in [-0.4, -0.2) is 55.6 Å². The molecule has 5 heteroatoms. The van der Waals surface area contributed by atoms with E-state index in [-0.39, 0.29) is 11.9 Å². The van der Waals surface area contributed by atoms with Crippen molar-refractivity contribution >= 4 is 11.6 Å². The van der Waals surface area contributed by atoms with Crippen LogP contribution in [0.4, 0.5) is 4.39 Å². The predicted molar refractivity (Wildman–Crippen MR) is 91.0 cm³/mol. The van der Waals surface area contributed by atoms with E-state index in [4.69, 9.17) is 11.6 Å². The van der Waals surface area contributed by atoms with Gasteiger partial charge in [0.15, 0.2) is 0 Å². The third-order valence-corrected chi connectivity index (χ3v) is 4.68. The Balaban J connectivity index is 2.12. The van der Waals surface area contributed by atoms with Gasteiger partial charge in [0.1, 0.15) is 5.82 Å². The number of benzene rings is 1. The van der Waals surface area contributed by atoms with Crippen LogP contribution in [0.25, 0.3) is 0 Å². The van der Waals surface area contributed by atoms with E-state index in [1.54, 1.807) is 6.07 Å². The first-order valence-corrected chi connectivity index (χ1v) is 8.47. The van der Waals surface area contributed by atoms with Crippen LogP contribution >= 0.6 is 11.6 Å². The molecule has 1 aliphatic heterocycles. The highest BCUT2D eigenvalue weighted by Gasteiger charge is 2.26. The summed E-state index contributed by atoms with van der Waals surface area (Å²) in [6.07, 6.45) is 0.956. The fraction of sp³-hybridized carbons (Fsp3) is 0.647. The van der Waals surface area contributed by atoms with Crippen LogP contribution in [0.1, 0.15) is 31.9 Å². The standard InChI is InChI=1S/C17H27ClFN3/c1-13(2)21-6-8-22(9-7-21)17(4-5-20-3)14-10-15(18)12-16(19)11-14/h10-13,17,20H,4-9H2,1-3H3. The lowest BCUT2D eigenvalue weighted by Crippen LogP contribution is -2.50. The molecule has 1 unspecified atom stereocenters. The molecule has 0 aromatic heterocycles. The fourth-order valence-electron chi connectivity index (χ4n) is 3.17. The predicted octanol–water partition coefficient (Wildman–Crippen LogP) is 3.16. The quantitative estimate of drug-likeness (QED) is 0.866. The number of hydrogen-bond acceptors (Lipinski definition) is 3. The lowest BCUT2D eigenvalue weighted by molar-refractivity contribution is 0.0747. The molecule has 0 spiro atoms. The topological polar surface area (TPSA) is 18.5 Å². The molecule has 1 aromatic carbocycles. The molecule has 0 radical (unpaired) electrons. The molecule has 1 aliphatic rings. The van der Waals surface area contributed by atoms with Crippen LogP contribution in [0.5, 0.6) is 0 Å². The van der Waals surface area contributed by atoms with Gasteiger partial charge in [-0.05, 0) is 57.6 Å². The zero-order chi connectivity index (χ0) is 16.1. The molecule has 1 fully saturated rings. The van der Waals surface area contributed by atoms with E-state index in [0.29, 0.717) is 11.1 Å². The van der Waals surface area contributed by atoms with Crippen molar-refractivity contribution in [2.75, 3.05) is 39.8 Å². The Bertz CT molecular complexity index is 453. The van der Waals surface area contributed by atoms with Crippen LogP contribution in [-0.2, 0) is 0 Å². The maximum atomic E-state index is 13.7.